The van der Waals surface area contributed by atoms with Crippen LogP contribution >= 0.6 is 16.0 Å². The van der Waals surface area contributed by atoms with E-state index in [1.165, 1.54) is 39.4 Å². The summed E-state index contributed by atoms with van der Waals surface area (Å²) in [6.45, 7) is 10.3. The summed E-state index contributed by atoms with van der Waals surface area (Å²) in [5.41, 5.74) is 2.77. The Hall–Kier alpha value is -2.30. The van der Waals surface area contributed by atoms with E-state index in [0.717, 1.165) is 6.54 Å². The van der Waals surface area contributed by atoms with E-state index < -0.39 is 16.0 Å². The maximum atomic E-state index is 2.77. The molecular formula is C32H37NP2. The minimum absolute atomic E-state index is 0.0642. The lowest BCUT2D eigenvalue weighted by atomic mass is 10.1. The molecule has 0 aliphatic heterocycles. The zero-order valence-corrected chi connectivity index (χ0v) is 23.2. The van der Waals surface area contributed by atoms with Crippen LogP contribution < -0.4 is 15.9 Å². The van der Waals surface area contributed by atoms with Crippen LogP contribution in [0.2, 0.25) is 0 Å². The average Bonchev–Trinajstić information content (AvgIpc) is 2.88. The lowest BCUT2D eigenvalue weighted by molar-refractivity contribution is 0.258. The highest BCUT2D eigenvalue weighted by molar-refractivity contribution is 7.74. The van der Waals surface area contributed by atoms with Crippen molar-refractivity contribution in [2.75, 3.05) is 12.3 Å². The summed E-state index contributed by atoms with van der Waals surface area (Å²) < 4.78 is 2.77. The van der Waals surface area contributed by atoms with Crippen molar-refractivity contribution in [1.29, 1.82) is 0 Å². The monoisotopic (exact) mass is 497 g/mol. The van der Waals surface area contributed by atoms with Gasteiger partial charge in [-0.3, -0.25) is 4.67 Å². The van der Waals surface area contributed by atoms with Gasteiger partial charge < -0.3 is 0 Å². The molecule has 0 aliphatic carbocycles. The molecule has 0 aliphatic rings. The van der Waals surface area contributed by atoms with Gasteiger partial charge in [-0.1, -0.05) is 121 Å². The fraction of sp³-hybridized carbons (Fsp3) is 0.250. The second-order valence-corrected chi connectivity index (χ2v) is 14.6. The lowest BCUT2D eigenvalue weighted by Gasteiger charge is -2.42. The van der Waals surface area contributed by atoms with Crippen LogP contribution in [-0.2, 0) is 6.54 Å². The first kappa shape index (κ1) is 25.8. The van der Waals surface area contributed by atoms with E-state index in [4.69, 9.17) is 0 Å². The van der Waals surface area contributed by atoms with Crippen molar-refractivity contribution >= 4 is 31.9 Å². The van der Waals surface area contributed by atoms with Gasteiger partial charge >= 0.3 is 0 Å². The molecule has 35 heavy (non-hydrogen) atoms. The van der Waals surface area contributed by atoms with Crippen molar-refractivity contribution in [3.8, 4) is 0 Å². The number of rotatable bonds is 9. The number of benzene rings is 4. The van der Waals surface area contributed by atoms with E-state index in [1.54, 1.807) is 0 Å². The molecular weight excluding hydrogens is 460 g/mol. The fourth-order valence-corrected chi connectivity index (χ4v) is 10.1. The molecule has 0 heterocycles. The highest BCUT2D eigenvalue weighted by Crippen LogP contribution is 2.48. The fourth-order valence-electron chi connectivity index (χ4n) is 4.36. The van der Waals surface area contributed by atoms with Crippen molar-refractivity contribution < 1.29 is 0 Å². The van der Waals surface area contributed by atoms with Gasteiger partial charge in [-0.05, 0) is 77.5 Å². The zero-order valence-electron chi connectivity index (χ0n) is 21.4. The van der Waals surface area contributed by atoms with Crippen LogP contribution in [0.15, 0.2) is 115 Å². The molecule has 1 atom stereocenters. The summed E-state index contributed by atoms with van der Waals surface area (Å²) in [6.07, 6.45) is 2.36. The predicted octanol–water partition coefficient (Wildman–Crippen LogP) is 7.45. The summed E-state index contributed by atoms with van der Waals surface area (Å²) in [6, 6.07) is 42.6. The van der Waals surface area contributed by atoms with Crippen molar-refractivity contribution in [1.82, 2.24) is 4.67 Å². The largest absolute Gasteiger partial charge is 0.269 e. The SMILES string of the molecule is Cc1ccc(CN(P(CCP(c2ccccc2)c2ccccc2)c2ccccc2)C(C)(C)C)cc1. The summed E-state index contributed by atoms with van der Waals surface area (Å²) in [5, 5.41) is 4.41. The molecule has 1 nitrogen and oxygen atoms in total. The van der Waals surface area contributed by atoms with Gasteiger partial charge in [0, 0.05) is 12.1 Å². The van der Waals surface area contributed by atoms with E-state index in [0.29, 0.717) is 0 Å². The van der Waals surface area contributed by atoms with E-state index in [-0.39, 0.29) is 5.54 Å². The van der Waals surface area contributed by atoms with Gasteiger partial charge in [0.05, 0.1) is 0 Å². The quantitative estimate of drug-likeness (QED) is 0.217. The van der Waals surface area contributed by atoms with Gasteiger partial charge in [-0.15, -0.1) is 0 Å². The molecule has 0 saturated carbocycles. The van der Waals surface area contributed by atoms with Gasteiger partial charge in [0.2, 0.25) is 0 Å². The number of aryl methyl sites for hydroxylation is 1. The predicted molar refractivity (Wildman–Crippen MR) is 158 cm³/mol. The number of hydrogen-bond acceptors (Lipinski definition) is 1. The van der Waals surface area contributed by atoms with Crippen molar-refractivity contribution in [3.63, 3.8) is 0 Å². The number of hydrogen-bond donors (Lipinski definition) is 0. The topological polar surface area (TPSA) is 3.24 Å². The molecule has 4 rings (SSSR count). The molecule has 0 bridgehead atoms. The first-order valence-corrected chi connectivity index (χ1v) is 15.5. The Kier molecular flexibility index (Phi) is 8.91. The smallest absolute Gasteiger partial charge is 0.0281 e. The van der Waals surface area contributed by atoms with Crippen LogP contribution in [0, 0.1) is 6.92 Å². The molecule has 0 fully saturated rings. The molecule has 4 aromatic carbocycles. The minimum atomic E-state index is -0.502. The molecule has 4 aromatic rings. The van der Waals surface area contributed by atoms with Crippen LogP contribution in [0.3, 0.4) is 0 Å². The van der Waals surface area contributed by atoms with Crippen LogP contribution in [-0.4, -0.2) is 22.5 Å². The number of nitrogens with zero attached hydrogens (tertiary/aromatic N) is 1. The normalized spacial score (nSPS) is 12.7. The molecule has 0 saturated heterocycles. The summed E-state index contributed by atoms with van der Waals surface area (Å²) in [5.74, 6) is 0. The average molecular weight is 498 g/mol. The maximum Gasteiger partial charge on any atom is 0.0281 e. The van der Waals surface area contributed by atoms with Crippen molar-refractivity contribution in [2.24, 2.45) is 0 Å². The third-order valence-electron chi connectivity index (χ3n) is 6.24. The molecule has 0 aromatic heterocycles. The summed E-state index contributed by atoms with van der Waals surface area (Å²) in [7, 11) is -0.911. The van der Waals surface area contributed by atoms with Crippen LogP contribution in [0.4, 0.5) is 0 Å². The van der Waals surface area contributed by atoms with Gasteiger partial charge in [-0.2, -0.15) is 0 Å². The van der Waals surface area contributed by atoms with Gasteiger partial charge in [0.15, 0.2) is 0 Å². The highest BCUT2D eigenvalue weighted by atomic mass is 31.1. The molecule has 0 amide bonds. The zero-order chi connectivity index (χ0) is 24.7. The molecule has 3 heteroatoms. The Morgan fingerprint density at radius 1 is 0.571 bits per heavy atom. The van der Waals surface area contributed by atoms with Gasteiger partial charge in [0.25, 0.3) is 0 Å². The van der Waals surface area contributed by atoms with E-state index in [9.17, 15) is 0 Å². The van der Waals surface area contributed by atoms with Gasteiger partial charge in [-0.25, -0.2) is 0 Å². The maximum absolute atomic E-state index is 2.77. The molecule has 0 spiro atoms. The summed E-state index contributed by atoms with van der Waals surface area (Å²) >= 11 is 0. The Balaban J connectivity index is 1.68. The van der Waals surface area contributed by atoms with E-state index >= 15 is 0 Å². The minimum Gasteiger partial charge on any atom is -0.269 e. The third kappa shape index (κ3) is 7.11. The molecule has 0 radical (unpaired) electrons. The highest BCUT2D eigenvalue weighted by Gasteiger charge is 2.31. The first-order valence-electron chi connectivity index (χ1n) is 12.5. The second-order valence-electron chi connectivity index (χ2n) is 10.00. The van der Waals surface area contributed by atoms with Crippen molar-refractivity contribution in [3.05, 3.63) is 126 Å². The Morgan fingerprint density at radius 2 is 1.03 bits per heavy atom. The van der Waals surface area contributed by atoms with Crippen LogP contribution in [0.25, 0.3) is 0 Å². The van der Waals surface area contributed by atoms with Gasteiger partial charge in [0.1, 0.15) is 0 Å². The first-order chi connectivity index (χ1) is 16.9. The van der Waals surface area contributed by atoms with Crippen LogP contribution in [0.5, 0.6) is 0 Å². The van der Waals surface area contributed by atoms with Crippen molar-refractivity contribution in [2.45, 2.75) is 39.8 Å². The Bertz CT molecular complexity index is 1110. The summed E-state index contributed by atoms with van der Waals surface area (Å²) in [4.78, 5) is 0. The molecule has 180 valence electrons. The second kappa shape index (κ2) is 12.1. The standard InChI is InChI=1S/C32H37NP2/c1-27-20-22-28(23-21-27)26-33(32(2,3)4)35(31-18-12-7-13-19-31)25-24-34(29-14-8-5-9-15-29)30-16-10-6-11-17-30/h5-23H,24-26H2,1-4H3. The molecule has 0 N–H and O–H groups in total. The Labute approximate surface area is 214 Å². The third-order valence-corrected chi connectivity index (χ3v) is 12.0. The van der Waals surface area contributed by atoms with E-state index in [1.807, 2.05) is 0 Å². The van der Waals surface area contributed by atoms with E-state index in [2.05, 4.69) is 148 Å². The molecule has 1 unspecified atom stereocenters. The Morgan fingerprint density at radius 3 is 1.49 bits per heavy atom. The lowest BCUT2D eigenvalue weighted by Crippen LogP contribution is -2.40. The van der Waals surface area contributed by atoms with Crippen LogP contribution in [0.1, 0.15) is 31.9 Å².